The average Bonchev–Trinajstić information content (AvgIpc) is 2.79. The molecule has 0 bridgehead atoms. The Morgan fingerprint density at radius 3 is 2.59 bits per heavy atom. The van der Waals surface area contributed by atoms with Crippen molar-refractivity contribution in [3.63, 3.8) is 0 Å². The number of rotatable bonds is 5. The Morgan fingerprint density at radius 1 is 1.19 bits per heavy atom. The molecule has 2 heterocycles. The maximum absolute atomic E-state index is 13.5. The number of hydrogen-bond donors (Lipinski definition) is 1. The zero-order chi connectivity index (χ0) is 22.7. The molecule has 2 aromatic rings. The highest BCUT2D eigenvalue weighted by Gasteiger charge is 2.35. The van der Waals surface area contributed by atoms with E-state index in [0.717, 1.165) is 48.9 Å². The highest BCUT2D eigenvalue weighted by Crippen LogP contribution is 2.36. The predicted molar refractivity (Wildman–Crippen MR) is 123 cm³/mol. The minimum absolute atomic E-state index is 0.0318. The first-order valence-electron chi connectivity index (χ1n) is 11.6. The molecule has 1 aliphatic heterocycles. The van der Waals surface area contributed by atoms with Gasteiger partial charge in [0.25, 0.3) is 0 Å². The van der Waals surface area contributed by atoms with E-state index < -0.39 is 5.60 Å². The molecule has 7 heteroatoms. The number of likely N-dealkylation sites (tertiary alicyclic amines) is 1. The number of anilines is 1. The van der Waals surface area contributed by atoms with Crippen LogP contribution >= 0.6 is 0 Å². The van der Waals surface area contributed by atoms with E-state index in [-0.39, 0.29) is 24.1 Å². The molecule has 4 rings (SSSR count). The summed E-state index contributed by atoms with van der Waals surface area (Å²) in [5.74, 6) is 0.432. The van der Waals surface area contributed by atoms with E-state index in [9.17, 15) is 14.3 Å². The Kier molecular flexibility index (Phi) is 6.74. The minimum Gasteiger partial charge on any atom is -0.389 e. The number of halogens is 1. The van der Waals surface area contributed by atoms with Crippen molar-refractivity contribution in [1.29, 1.82) is 0 Å². The lowest BCUT2D eigenvalue weighted by Gasteiger charge is -2.37. The van der Waals surface area contributed by atoms with Crippen molar-refractivity contribution >= 4 is 11.9 Å². The third kappa shape index (κ3) is 5.09. The largest absolute Gasteiger partial charge is 0.389 e. The maximum atomic E-state index is 13.5. The molecule has 32 heavy (non-hydrogen) atoms. The molecule has 1 aliphatic carbocycles. The minimum atomic E-state index is -0.853. The van der Waals surface area contributed by atoms with E-state index in [1.807, 2.05) is 23.9 Å². The van der Waals surface area contributed by atoms with Crippen LogP contribution in [-0.2, 0) is 4.79 Å². The third-order valence-corrected chi connectivity index (χ3v) is 6.79. The molecule has 1 saturated carbocycles. The molecule has 1 atom stereocenters. The van der Waals surface area contributed by atoms with Gasteiger partial charge >= 0.3 is 0 Å². The van der Waals surface area contributed by atoms with Crippen LogP contribution in [0.4, 0.5) is 10.3 Å². The summed E-state index contributed by atoms with van der Waals surface area (Å²) < 4.78 is 13.5. The number of piperidine rings is 1. The van der Waals surface area contributed by atoms with Crippen molar-refractivity contribution in [3.8, 4) is 11.1 Å². The molecule has 1 saturated heterocycles. The topological polar surface area (TPSA) is 69.6 Å². The highest BCUT2D eigenvalue weighted by molar-refractivity contribution is 5.77. The maximum Gasteiger partial charge on any atom is 0.225 e. The quantitative estimate of drug-likeness (QED) is 0.757. The van der Waals surface area contributed by atoms with E-state index in [1.165, 1.54) is 12.1 Å². The lowest BCUT2D eigenvalue weighted by atomic mass is 9.82. The van der Waals surface area contributed by atoms with Crippen LogP contribution in [-0.4, -0.2) is 58.7 Å². The Morgan fingerprint density at radius 2 is 1.91 bits per heavy atom. The molecule has 2 aliphatic rings. The van der Waals surface area contributed by atoms with Crippen molar-refractivity contribution in [2.45, 2.75) is 62.9 Å². The number of benzene rings is 1. The fourth-order valence-electron chi connectivity index (χ4n) is 4.97. The van der Waals surface area contributed by atoms with Gasteiger partial charge in [-0.1, -0.05) is 31.4 Å². The van der Waals surface area contributed by atoms with Gasteiger partial charge in [0, 0.05) is 44.9 Å². The SMILES string of the molecule is CN(C)c1ncc(-c2ccc(F)cc2)c(C2CCCN(C(=O)CC3(O)CCCCC3)C2)n1. The van der Waals surface area contributed by atoms with Crippen LogP contribution in [0.5, 0.6) is 0 Å². The van der Waals surface area contributed by atoms with Gasteiger partial charge in [-0.25, -0.2) is 14.4 Å². The molecule has 1 aromatic heterocycles. The number of aromatic nitrogens is 2. The summed E-state index contributed by atoms with van der Waals surface area (Å²) in [4.78, 5) is 26.2. The number of carbonyl (C=O) groups excluding carboxylic acids is 1. The molecular weight excluding hydrogens is 407 g/mol. The Bertz CT molecular complexity index is 941. The Hall–Kier alpha value is -2.54. The van der Waals surface area contributed by atoms with E-state index in [0.29, 0.717) is 31.9 Å². The van der Waals surface area contributed by atoms with Crippen LogP contribution in [0, 0.1) is 5.82 Å². The van der Waals surface area contributed by atoms with E-state index in [1.54, 1.807) is 18.3 Å². The molecule has 172 valence electrons. The number of nitrogens with zero attached hydrogens (tertiary/aromatic N) is 4. The summed E-state index contributed by atoms with van der Waals surface area (Å²) >= 11 is 0. The summed E-state index contributed by atoms with van der Waals surface area (Å²) in [5.41, 5.74) is 1.78. The van der Waals surface area contributed by atoms with Gasteiger partial charge in [0.15, 0.2) is 0 Å². The first-order valence-corrected chi connectivity index (χ1v) is 11.6. The number of carbonyl (C=O) groups is 1. The fraction of sp³-hybridized carbons (Fsp3) is 0.560. The van der Waals surface area contributed by atoms with Crippen LogP contribution in [0.3, 0.4) is 0 Å². The third-order valence-electron chi connectivity index (χ3n) is 6.79. The van der Waals surface area contributed by atoms with Crippen LogP contribution in [0.1, 0.15) is 63.0 Å². The van der Waals surface area contributed by atoms with Gasteiger partial charge in [0.1, 0.15) is 5.82 Å². The van der Waals surface area contributed by atoms with Gasteiger partial charge in [-0.15, -0.1) is 0 Å². The Balaban J connectivity index is 1.58. The van der Waals surface area contributed by atoms with Crippen molar-refractivity contribution in [1.82, 2.24) is 14.9 Å². The second-order valence-corrected chi connectivity index (χ2v) is 9.51. The molecule has 6 nitrogen and oxygen atoms in total. The normalized spacial score (nSPS) is 20.8. The van der Waals surface area contributed by atoms with Crippen LogP contribution in [0.2, 0.25) is 0 Å². The molecule has 1 amide bonds. The molecule has 1 aromatic carbocycles. The summed E-state index contributed by atoms with van der Waals surface area (Å²) in [7, 11) is 3.80. The molecule has 0 spiro atoms. The van der Waals surface area contributed by atoms with Gasteiger partial charge in [-0.2, -0.15) is 0 Å². The van der Waals surface area contributed by atoms with E-state index >= 15 is 0 Å². The first-order chi connectivity index (χ1) is 15.3. The molecule has 1 unspecified atom stereocenters. The number of aliphatic hydroxyl groups is 1. The molecular formula is C25H33FN4O2. The lowest BCUT2D eigenvalue weighted by Crippen LogP contribution is -2.44. The summed E-state index contributed by atoms with van der Waals surface area (Å²) in [6.07, 6.45) is 8.35. The number of hydrogen-bond acceptors (Lipinski definition) is 5. The predicted octanol–water partition coefficient (Wildman–Crippen LogP) is 4.14. The standard InChI is InChI=1S/C25H33FN4O2/c1-29(2)24-27-16-21(18-8-10-20(26)11-9-18)23(28-24)19-7-6-14-30(17-19)22(31)15-25(32)12-4-3-5-13-25/h8-11,16,19,32H,3-7,12-15,17H2,1-2H3. The molecule has 1 N–H and O–H groups in total. The van der Waals surface area contributed by atoms with Crippen molar-refractivity contribution in [2.24, 2.45) is 0 Å². The van der Waals surface area contributed by atoms with Crippen LogP contribution in [0.25, 0.3) is 11.1 Å². The Labute approximate surface area is 189 Å². The second-order valence-electron chi connectivity index (χ2n) is 9.51. The first kappa shape index (κ1) is 22.6. The van der Waals surface area contributed by atoms with Crippen molar-refractivity contribution < 1.29 is 14.3 Å². The fourth-order valence-corrected chi connectivity index (χ4v) is 4.97. The molecule has 0 radical (unpaired) electrons. The second kappa shape index (κ2) is 9.53. The lowest BCUT2D eigenvalue weighted by molar-refractivity contribution is -0.139. The van der Waals surface area contributed by atoms with Gasteiger partial charge in [-0.05, 0) is 43.4 Å². The van der Waals surface area contributed by atoms with Gasteiger partial charge in [0.2, 0.25) is 11.9 Å². The van der Waals surface area contributed by atoms with Crippen LogP contribution in [0.15, 0.2) is 30.5 Å². The smallest absolute Gasteiger partial charge is 0.225 e. The number of amides is 1. The monoisotopic (exact) mass is 440 g/mol. The zero-order valence-corrected chi connectivity index (χ0v) is 19.1. The van der Waals surface area contributed by atoms with E-state index in [4.69, 9.17) is 4.98 Å². The van der Waals surface area contributed by atoms with Crippen molar-refractivity contribution in [3.05, 3.63) is 42.0 Å². The summed E-state index contributed by atoms with van der Waals surface area (Å²) in [6.45, 7) is 1.29. The van der Waals surface area contributed by atoms with Crippen molar-refractivity contribution in [2.75, 3.05) is 32.1 Å². The van der Waals surface area contributed by atoms with Crippen LogP contribution < -0.4 is 4.90 Å². The highest BCUT2D eigenvalue weighted by atomic mass is 19.1. The summed E-state index contributed by atoms with van der Waals surface area (Å²) in [5, 5.41) is 10.9. The van der Waals surface area contributed by atoms with Gasteiger partial charge < -0.3 is 14.9 Å². The average molecular weight is 441 g/mol. The zero-order valence-electron chi connectivity index (χ0n) is 19.1. The van der Waals surface area contributed by atoms with Gasteiger partial charge in [-0.3, -0.25) is 4.79 Å². The van der Waals surface area contributed by atoms with E-state index in [2.05, 4.69) is 4.98 Å². The summed E-state index contributed by atoms with van der Waals surface area (Å²) in [6, 6.07) is 6.38. The molecule has 2 fully saturated rings. The van der Waals surface area contributed by atoms with Gasteiger partial charge in [0.05, 0.1) is 17.7 Å².